The van der Waals surface area contributed by atoms with E-state index in [9.17, 15) is 9.59 Å². The van der Waals surface area contributed by atoms with Gasteiger partial charge in [-0.2, -0.15) is 0 Å². The Morgan fingerprint density at radius 3 is 2.94 bits per heavy atom. The zero-order valence-electron chi connectivity index (χ0n) is 9.14. The van der Waals surface area contributed by atoms with Crippen molar-refractivity contribution < 1.29 is 19.1 Å². The lowest BCUT2D eigenvalue weighted by molar-refractivity contribution is -0.140. The van der Waals surface area contributed by atoms with Gasteiger partial charge < -0.3 is 9.47 Å². The van der Waals surface area contributed by atoms with Crippen molar-refractivity contribution in [1.82, 2.24) is 0 Å². The van der Waals surface area contributed by atoms with Gasteiger partial charge in [-0.3, -0.25) is 9.59 Å². The quantitative estimate of drug-likeness (QED) is 0.418. The number of methoxy groups -OCH3 is 1. The second kappa shape index (κ2) is 6.61. The van der Waals surface area contributed by atoms with Crippen LogP contribution in [-0.2, 0) is 9.53 Å². The van der Waals surface area contributed by atoms with Crippen LogP contribution >= 0.6 is 0 Å². The van der Waals surface area contributed by atoms with Crippen molar-refractivity contribution in [3.05, 3.63) is 29.8 Å². The molecular weight excluding hydrogens is 208 g/mol. The first kappa shape index (κ1) is 12.2. The molecule has 0 saturated heterocycles. The van der Waals surface area contributed by atoms with E-state index in [0.717, 1.165) is 6.29 Å². The third kappa shape index (κ3) is 4.13. The predicted molar refractivity (Wildman–Crippen MR) is 58.6 cm³/mol. The van der Waals surface area contributed by atoms with Gasteiger partial charge in [0.15, 0.2) is 0 Å². The summed E-state index contributed by atoms with van der Waals surface area (Å²) >= 11 is 0. The van der Waals surface area contributed by atoms with Gasteiger partial charge in [-0.15, -0.1) is 0 Å². The summed E-state index contributed by atoms with van der Waals surface area (Å²) in [6.45, 7) is 0.428. The molecule has 0 heterocycles. The van der Waals surface area contributed by atoms with Crippen molar-refractivity contribution in [3.63, 3.8) is 0 Å². The second-order valence-corrected chi connectivity index (χ2v) is 3.22. The molecule has 0 fully saturated rings. The molecule has 1 rings (SSSR count). The van der Waals surface area contributed by atoms with E-state index in [1.165, 1.54) is 7.11 Å². The smallest absolute Gasteiger partial charge is 0.305 e. The molecule has 0 spiro atoms. The molecule has 1 aromatic rings. The van der Waals surface area contributed by atoms with Crippen molar-refractivity contribution in [2.45, 2.75) is 12.8 Å². The highest BCUT2D eigenvalue weighted by Gasteiger charge is 2.00. The summed E-state index contributed by atoms with van der Waals surface area (Å²) in [5, 5.41) is 0. The number of esters is 1. The summed E-state index contributed by atoms with van der Waals surface area (Å²) in [6, 6.07) is 6.88. The molecule has 0 unspecified atom stereocenters. The van der Waals surface area contributed by atoms with Gasteiger partial charge in [0, 0.05) is 12.0 Å². The molecule has 0 aromatic heterocycles. The lowest BCUT2D eigenvalue weighted by Crippen LogP contribution is -2.04. The highest BCUT2D eigenvalue weighted by molar-refractivity contribution is 5.75. The van der Waals surface area contributed by atoms with E-state index in [0.29, 0.717) is 30.8 Å². The molecule has 86 valence electrons. The normalized spacial score (nSPS) is 9.56. The van der Waals surface area contributed by atoms with Crippen LogP contribution in [-0.4, -0.2) is 26.0 Å². The van der Waals surface area contributed by atoms with E-state index in [-0.39, 0.29) is 5.97 Å². The van der Waals surface area contributed by atoms with Crippen LogP contribution < -0.4 is 4.74 Å². The molecule has 0 radical (unpaired) electrons. The van der Waals surface area contributed by atoms with E-state index in [1.54, 1.807) is 24.3 Å². The highest BCUT2D eigenvalue weighted by atomic mass is 16.5. The van der Waals surface area contributed by atoms with Crippen LogP contribution in [0.2, 0.25) is 0 Å². The minimum Gasteiger partial charge on any atom is -0.494 e. The van der Waals surface area contributed by atoms with Crippen molar-refractivity contribution in [2.75, 3.05) is 13.7 Å². The van der Waals surface area contributed by atoms with Crippen LogP contribution in [0.1, 0.15) is 23.2 Å². The van der Waals surface area contributed by atoms with Crippen molar-refractivity contribution in [3.8, 4) is 5.75 Å². The monoisotopic (exact) mass is 222 g/mol. The van der Waals surface area contributed by atoms with Crippen LogP contribution in [0.3, 0.4) is 0 Å². The summed E-state index contributed by atoms with van der Waals surface area (Å²) in [6.07, 6.45) is 1.70. The Hall–Kier alpha value is -1.84. The Labute approximate surface area is 94.2 Å². The lowest BCUT2D eigenvalue weighted by atomic mass is 10.2. The van der Waals surface area contributed by atoms with Gasteiger partial charge in [-0.05, 0) is 18.6 Å². The first-order chi connectivity index (χ1) is 7.76. The molecule has 4 nitrogen and oxygen atoms in total. The number of carbonyl (C=O) groups is 2. The number of rotatable bonds is 6. The maximum absolute atomic E-state index is 10.8. The molecule has 16 heavy (non-hydrogen) atoms. The maximum atomic E-state index is 10.8. The maximum Gasteiger partial charge on any atom is 0.305 e. The summed E-state index contributed by atoms with van der Waals surface area (Å²) in [5.74, 6) is 0.389. The first-order valence-electron chi connectivity index (χ1n) is 5.01. The second-order valence-electron chi connectivity index (χ2n) is 3.22. The Bertz CT molecular complexity index is 360. The van der Waals surface area contributed by atoms with Crippen molar-refractivity contribution in [2.24, 2.45) is 0 Å². The van der Waals surface area contributed by atoms with Gasteiger partial charge in [-0.25, -0.2) is 0 Å². The van der Waals surface area contributed by atoms with E-state index in [2.05, 4.69) is 4.74 Å². The van der Waals surface area contributed by atoms with Crippen LogP contribution in [0.25, 0.3) is 0 Å². The van der Waals surface area contributed by atoms with Gasteiger partial charge in [0.05, 0.1) is 13.7 Å². The number of benzene rings is 1. The fourth-order valence-electron chi connectivity index (χ4n) is 1.19. The molecule has 0 N–H and O–H groups in total. The third-order valence-corrected chi connectivity index (χ3v) is 2.02. The van der Waals surface area contributed by atoms with Gasteiger partial charge in [0.1, 0.15) is 12.0 Å². The summed E-state index contributed by atoms with van der Waals surface area (Å²) in [5.41, 5.74) is 0.575. The van der Waals surface area contributed by atoms with Crippen molar-refractivity contribution >= 4 is 12.3 Å². The van der Waals surface area contributed by atoms with Crippen LogP contribution in [0, 0.1) is 0 Å². The van der Waals surface area contributed by atoms with Crippen LogP contribution in [0.15, 0.2) is 24.3 Å². The molecule has 0 bridgehead atoms. The predicted octanol–water partition coefficient (Wildman–Crippen LogP) is 1.83. The van der Waals surface area contributed by atoms with E-state index >= 15 is 0 Å². The zero-order chi connectivity index (χ0) is 11.8. The molecule has 1 aromatic carbocycles. The molecule has 0 amide bonds. The summed E-state index contributed by atoms with van der Waals surface area (Å²) in [4.78, 5) is 21.3. The minimum absolute atomic E-state index is 0.245. The largest absolute Gasteiger partial charge is 0.494 e. The highest BCUT2D eigenvalue weighted by Crippen LogP contribution is 2.12. The van der Waals surface area contributed by atoms with Crippen LogP contribution in [0.4, 0.5) is 0 Å². The summed E-state index contributed by atoms with van der Waals surface area (Å²) < 4.78 is 9.87. The number of hydrogen-bond acceptors (Lipinski definition) is 4. The minimum atomic E-state index is -0.245. The SMILES string of the molecule is COC(=O)CCCOc1cccc(C=O)c1. The Kier molecular flexibility index (Phi) is 5.05. The molecule has 0 aliphatic rings. The number of hydrogen-bond donors (Lipinski definition) is 0. The lowest BCUT2D eigenvalue weighted by Gasteiger charge is -2.05. The van der Waals surface area contributed by atoms with Gasteiger partial charge in [0.2, 0.25) is 0 Å². The first-order valence-corrected chi connectivity index (χ1v) is 5.01. The Morgan fingerprint density at radius 2 is 2.25 bits per heavy atom. The Morgan fingerprint density at radius 1 is 1.44 bits per heavy atom. The van der Waals surface area contributed by atoms with E-state index in [4.69, 9.17) is 4.74 Å². The van der Waals surface area contributed by atoms with Crippen molar-refractivity contribution in [1.29, 1.82) is 0 Å². The number of ether oxygens (including phenoxy) is 2. The third-order valence-electron chi connectivity index (χ3n) is 2.02. The topological polar surface area (TPSA) is 52.6 Å². The molecule has 0 saturated carbocycles. The molecule has 0 atom stereocenters. The fourth-order valence-corrected chi connectivity index (χ4v) is 1.19. The fraction of sp³-hybridized carbons (Fsp3) is 0.333. The Balaban J connectivity index is 2.31. The molecular formula is C12H14O4. The average molecular weight is 222 g/mol. The summed E-state index contributed by atoms with van der Waals surface area (Å²) in [7, 11) is 1.36. The zero-order valence-corrected chi connectivity index (χ0v) is 9.14. The molecule has 0 aliphatic carbocycles. The van der Waals surface area contributed by atoms with Crippen LogP contribution in [0.5, 0.6) is 5.75 Å². The van der Waals surface area contributed by atoms with Gasteiger partial charge in [-0.1, -0.05) is 12.1 Å². The standard InChI is InChI=1S/C12H14O4/c1-15-12(14)6-3-7-16-11-5-2-4-10(8-11)9-13/h2,4-5,8-9H,3,6-7H2,1H3. The van der Waals surface area contributed by atoms with E-state index < -0.39 is 0 Å². The number of carbonyl (C=O) groups excluding carboxylic acids is 2. The van der Waals surface area contributed by atoms with Gasteiger partial charge >= 0.3 is 5.97 Å². The average Bonchev–Trinajstić information content (AvgIpc) is 2.34. The molecule has 4 heteroatoms. The molecule has 0 aliphatic heterocycles. The van der Waals surface area contributed by atoms with Gasteiger partial charge in [0.25, 0.3) is 0 Å². The number of aldehydes is 1. The van der Waals surface area contributed by atoms with E-state index in [1.807, 2.05) is 0 Å².